The van der Waals surface area contributed by atoms with Gasteiger partial charge in [-0.2, -0.15) is 4.98 Å². The molecular formula is C25H40N6O. The van der Waals surface area contributed by atoms with Crippen molar-refractivity contribution in [3.05, 3.63) is 24.2 Å². The third-order valence-corrected chi connectivity index (χ3v) is 6.75. The zero-order valence-electron chi connectivity index (χ0n) is 20.5. The summed E-state index contributed by atoms with van der Waals surface area (Å²) in [6, 6.07) is 5.40. The topological polar surface area (TPSA) is 61.5 Å². The number of hydrogen-bond donors (Lipinski definition) is 0. The van der Waals surface area contributed by atoms with Gasteiger partial charge < -0.3 is 14.3 Å². The van der Waals surface area contributed by atoms with Gasteiger partial charge in [-0.15, -0.1) is 0 Å². The van der Waals surface area contributed by atoms with Crippen LogP contribution in [0.3, 0.4) is 0 Å². The van der Waals surface area contributed by atoms with Crippen LogP contribution in [-0.4, -0.2) is 76.3 Å². The van der Waals surface area contributed by atoms with Gasteiger partial charge in [-0.05, 0) is 63.7 Å². The van der Waals surface area contributed by atoms with Crippen molar-refractivity contribution in [1.29, 1.82) is 0 Å². The Hall–Kier alpha value is -1.99. The lowest BCUT2D eigenvalue weighted by atomic mass is 9.92. The molecule has 7 nitrogen and oxygen atoms in total. The van der Waals surface area contributed by atoms with Crippen LogP contribution in [0, 0.1) is 5.41 Å². The molecule has 176 valence electrons. The van der Waals surface area contributed by atoms with Crippen LogP contribution in [-0.2, 0) is 6.42 Å². The van der Waals surface area contributed by atoms with Crippen LogP contribution < -0.4 is 4.90 Å². The fraction of sp³-hybridized carbons (Fsp3) is 0.720. The van der Waals surface area contributed by atoms with Crippen LogP contribution in [0.25, 0.3) is 11.4 Å². The van der Waals surface area contributed by atoms with Gasteiger partial charge in [-0.3, -0.25) is 4.90 Å². The van der Waals surface area contributed by atoms with E-state index in [1.54, 1.807) is 0 Å². The number of nitrogens with zero attached hydrogens (tertiary/aromatic N) is 6. The molecule has 0 atom stereocenters. The number of piperidine rings is 1. The zero-order chi connectivity index (χ0) is 22.7. The Balaban J connectivity index is 1.43. The van der Waals surface area contributed by atoms with Gasteiger partial charge in [-0.25, -0.2) is 4.98 Å². The fourth-order valence-corrected chi connectivity index (χ4v) is 4.99. The van der Waals surface area contributed by atoms with Crippen LogP contribution >= 0.6 is 0 Å². The Morgan fingerprint density at radius 2 is 1.84 bits per heavy atom. The Kier molecular flexibility index (Phi) is 7.15. The molecule has 2 aromatic rings. The summed E-state index contributed by atoms with van der Waals surface area (Å²) >= 11 is 0. The highest BCUT2D eigenvalue weighted by Crippen LogP contribution is 2.29. The molecule has 0 saturated carbocycles. The molecule has 0 unspecified atom stereocenters. The standard InChI is InChI=1S/C25H40N6O/c1-19(2)29-14-9-20(10-15-29)30-12-7-13-31(17-16-30)24-21(8-6-11-26-24)23-27-22(32-28-23)18-25(3,4)5/h6,8,11,19-20H,7,9-10,12-18H2,1-5H3. The average molecular weight is 441 g/mol. The van der Waals surface area contributed by atoms with Crippen molar-refractivity contribution in [3.8, 4) is 11.4 Å². The quantitative estimate of drug-likeness (QED) is 0.693. The van der Waals surface area contributed by atoms with Gasteiger partial charge in [0.15, 0.2) is 0 Å². The number of anilines is 1. The van der Waals surface area contributed by atoms with Crippen molar-refractivity contribution < 1.29 is 4.52 Å². The maximum Gasteiger partial charge on any atom is 0.227 e. The normalized spacial score (nSPS) is 20.1. The molecule has 0 radical (unpaired) electrons. The number of rotatable bonds is 5. The molecule has 0 aromatic carbocycles. The number of aromatic nitrogens is 3. The predicted octanol–water partition coefficient (Wildman–Crippen LogP) is 4.11. The lowest BCUT2D eigenvalue weighted by molar-refractivity contribution is 0.0965. The van der Waals surface area contributed by atoms with Gasteiger partial charge >= 0.3 is 0 Å². The van der Waals surface area contributed by atoms with Crippen LogP contribution in [0.1, 0.15) is 59.8 Å². The molecule has 0 spiro atoms. The summed E-state index contributed by atoms with van der Waals surface area (Å²) in [6.45, 7) is 17.9. The molecule has 7 heteroatoms. The molecule has 2 aromatic heterocycles. The highest BCUT2D eigenvalue weighted by atomic mass is 16.5. The van der Waals surface area contributed by atoms with E-state index in [0.29, 0.717) is 23.8 Å². The van der Waals surface area contributed by atoms with Crippen molar-refractivity contribution in [1.82, 2.24) is 24.9 Å². The third kappa shape index (κ3) is 5.67. The Morgan fingerprint density at radius 3 is 2.56 bits per heavy atom. The van der Waals surface area contributed by atoms with Crippen LogP contribution in [0.5, 0.6) is 0 Å². The van der Waals surface area contributed by atoms with Crippen LogP contribution in [0.4, 0.5) is 5.82 Å². The number of pyridine rings is 1. The van der Waals surface area contributed by atoms with Crippen LogP contribution in [0.15, 0.2) is 22.9 Å². The van der Waals surface area contributed by atoms with E-state index >= 15 is 0 Å². The Labute approximate surface area is 193 Å². The maximum absolute atomic E-state index is 5.56. The first-order valence-corrected chi connectivity index (χ1v) is 12.3. The van der Waals surface area contributed by atoms with Crippen molar-refractivity contribution in [3.63, 3.8) is 0 Å². The lowest BCUT2D eigenvalue weighted by Crippen LogP contribution is -2.47. The second-order valence-corrected chi connectivity index (χ2v) is 10.9. The molecule has 2 fully saturated rings. The van der Waals surface area contributed by atoms with E-state index < -0.39 is 0 Å². The maximum atomic E-state index is 5.56. The largest absolute Gasteiger partial charge is 0.355 e. The molecule has 2 saturated heterocycles. The van der Waals surface area contributed by atoms with Crippen molar-refractivity contribution >= 4 is 5.82 Å². The minimum absolute atomic E-state index is 0.112. The summed E-state index contributed by atoms with van der Waals surface area (Å²) in [5.74, 6) is 2.32. The first-order valence-electron chi connectivity index (χ1n) is 12.3. The van der Waals surface area contributed by atoms with E-state index in [1.807, 2.05) is 12.3 Å². The van der Waals surface area contributed by atoms with Crippen molar-refractivity contribution in [2.75, 3.05) is 44.2 Å². The first kappa shape index (κ1) is 23.2. The van der Waals surface area contributed by atoms with Gasteiger partial charge in [0, 0.05) is 50.9 Å². The van der Waals surface area contributed by atoms with Gasteiger partial charge in [0.25, 0.3) is 0 Å². The molecule has 0 bridgehead atoms. The van der Waals surface area contributed by atoms with E-state index in [1.165, 1.54) is 32.5 Å². The van der Waals surface area contributed by atoms with Gasteiger partial charge in [-0.1, -0.05) is 25.9 Å². The summed E-state index contributed by atoms with van der Waals surface area (Å²) in [7, 11) is 0. The molecule has 4 rings (SSSR count). The molecular weight excluding hydrogens is 400 g/mol. The smallest absolute Gasteiger partial charge is 0.227 e. The SMILES string of the molecule is CC(C)N1CCC(N2CCCN(c3ncccc3-c3noc(CC(C)(C)C)n3)CC2)CC1. The number of hydrogen-bond acceptors (Lipinski definition) is 7. The zero-order valence-corrected chi connectivity index (χ0v) is 20.5. The molecule has 2 aliphatic rings. The van der Waals surface area contributed by atoms with E-state index in [9.17, 15) is 0 Å². The summed E-state index contributed by atoms with van der Waals surface area (Å²) in [4.78, 5) is 17.2. The van der Waals surface area contributed by atoms with Crippen molar-refractivity contribution in [2.24, 2.45) is 5.41 Å². The third-order valence-electron chi connectivity index (χ3n) is 6.75. The minimum Gasteiger partial charge on any atom is -0.355 e. The second-order valence-electron chi connectivity index (χ2n) is 10.9. The highest BCUT2D eigenvalue weighted by Gasteiger charge is 2.28. The van der Waals surface area contributed by atoms with E-state index in [-0.39, 0.29) is 5.41 Å². The monoisotopic (exact) mass is 440 g/mol. The van der Waals surface area contributed by atoms with Crippen LogP contribution in [0.2, 0.25) is 0 Å². The van der Waals surface area contributed by atoms with E-state index in [4.69, 9.17) is 14.5 Å². The second kappa shape index (κ2) is 9.87. The predicted molar refractivity (Wildman–Crippen MR) is 129 cm³/mol. The van der Waals surface area contributed by atoms with Gasteiger partial charge in [0.2, 0.25) is 11.7 Å². The summed E-state index contributed by atoms with van der Waals surface area (Å²) in [5, 5.41) is 4.29. The molecule has 4 heterocycles. The Morgan fingerprint density at radius 1 is 1.06 bits per heavy atom. The Bertz CT molecular complexity index is 865. The lowest BCUT2D eigenvalue weighted by Gasteiger charge is -2.39. The first-order chi connectivity index (χ1) is 15.3. The molecule has 0 aliphatic carbocycles. The van der Waals surface area contributed by atoms with Crippen molar-refractivity contribution in [2.45, 2.75) is 72.4 Å². The highest BCUT2D eigenvalue weighted by molar-refractivity contribution is 5.70. The molecule has 0 N–H and O–H groups in total. The molecule has 2 aliphatic heterocycles. The number of likely N-dealkylation sites (tertiary alicyclic amines) is 1. The fourth-order valence-electron chi connectivity index (χ4n) is 4.99. The van der Waals surface area contributed by atoms with Gasteiger partial charge in [0.05, 0.1) is 5.56 Å². The average Bonchev–Trinajstić information content (AvgIpc) is 3.06. The molecule has 0 amide bonds. The van der Waals surface area contributed by atoms with E-state index in [0.717, 1.165) is 43.9 Å². The summed E-state index contributed by atoms with van der Waals surface area (Å²) in [5.41, 5.74) is 1.08. The van der Waals surface area contributed by atoms with Gasteiger partial charge in [0.1, 0.15) is 5.82 Å². The summed E-state index contributed by atoms with van der Waals surface area (Å²) in [6.07, 6.45) is 6.37. The van der Waals surface area contributed by atoms with E-state index in [2.05, 4.69) is 60.5 Å². The molecule has 32 heavy (non-hydrogen) atoms. The summed E-state index contributed by atoms with van der Waals surface area (Å²) < 4.78 is 5.56. The minimum atomic E-state index is 0.112.